The fourth-order valence-corrected chi connectivity index (χ4v) is 3.35. The SMILES string of the molecule is Cc1c(-c2ccccc2)c(-c2ccccc2Cl)nn1S(=O)(=O)O. The molecule has 1 heterocycles. The van der Waals surface area contributed by atoms with E-state index in [1.807, 2.05) is 30.3 Å². The van der Waals surface area contributed by atoms with Gasteiger partial charge in [0.15, 0.2) is 0 Å². The fourth-order valence-electron chi connectivity index (χ4n) is 2.50. The Morgan fingerprint density at radius 3 is 2.26 bits per heavy atom. The summed E-state index contributed by atoms with van der Waals surface area (Å²) >= 11 is 6.23. The molecule has 0 saturated carbocycles. The second-order valence-electron chi connectivity index (χ2n) is 4.98. The van der Waals surface area contributed by atoms with Crippen molar-refractivity contribution in [3.8, 4) is 22.4 Å². The monoisotopic (exact) mass is 348 g/mol. The molecule has 0 bridgehead atoms. The summed E-state index contributed by atoms with van der Waals surface area (Å²) in [6.07, 6.45) is 0. The van der Waals surface area contributed by atoms with Gasteiger partial charge in [0, 0.05) is 11.1 Å². The third kappa shape index (κ3) is 2.88. The number of aromatic nitrogens is 2. The minimum Gasteiger partial charge on any atom is -0.268 e. The van der Waals surface area contributed by atoms with Crippen LogP contribution in [0.15, 0.2) is 54.6 Å². The molecule has 0 saturated heterocycles. The maximum Gasteiger partial charge on any atom is 0.379 e. The summed E-state index contributed by atoms with van der Waals surface area (Å²) in [5, 5.41) is 4.53. The molecular weight excluding hydrogens is 336 g/mol. The summed E-state index contributed by atoms with van der Waals surface area (Å²) in [5.74, 6) is 0. The fraction of sp³-hybridized carbons (Fsp3) is 0.0625. The van der Waals surface area contributed by atoms with Crippen molar-refractivity contribution in [3.63, 3.8) is 0 Å². The maximum absolute atomic E-state index is 11.6. The molecule has 0 radical (unpaired) electrons. The molecule has 0 spiro atoms. The Balaban J connectivity index is 2.38. The number of rotatable bonds is 3. The van der Waals surface area contributed by atoms with Gasteiger partial charge in [-0.3, -0.25) is 4.55 Å². The van der Waals surface area contributed by atoms with Crippen molar-refractivity contribution < 1.29 is 13.0 Å². The molecule has 1 aromatic heterocycles. The second kappa shape index (κ2) is 5.81. The van der Waals surface area contributed by atoms with Crippen LogP contribution in [0.4, 0.5) is 0 Å². The Bertz CT molecular complexity index is 966. The molecular formula is C16H13ClN2O3S. The summed E-state index contributed by atoms with van der Waals surface area (Å²) in [7, 11) is -4.50. The number of hydrogen-bond donors (Lipinski definition) is 1. The quantitative estimate of drug-likeness (QED) is 0.730. The average molecular weight is 349 g/mol. The predicted molar refractivity (Wildman–Crippen MR) is 89.8 cm³/mol. The van der Waals surface area contributed by atoms with E-state index in [1.165, 1.54) is 0 Å². The van der Waals surface area contributed by atoms with Crippen LogP contribution in [0.5, 0.6) is 0 Å². The van der Waals surface area contributed by atoms with Gasteiger partial charge in [0.2, 0.25) is 0 Å². The van der Waals surface area contributed by atoms with E-state index in [-0.39, 0.29) is 0 Å². The van der Waals surface area contributed by atoms with Crippen molar-refractivity contribution in [2.24, 2.45) is 0 Å². The minimum absolute atomic E-state index is 0.314. The topological polar surface area (TPSA) is 72.2 Å². The lowest BCUT2D eigenvalue weighted by Crippen LogP contribution is -2.14. The van der Waals surface area contributed by atoms with Crippen molar-refractivity contribution in [2.75, 3.05) is 0 Å². The lowest BCUT2D eigenvalue weighted by Gasteiger charge is -2.05. The van der Waals surface area contributed by atoms with Crippen LogP contribution < -0.4 is 0 Å². The van der Waals surface area contributed by atoms with Crippen molar-refractivity contribution in [1.82, 2.24) is 9.19 Å². The highest BCUT2D eigenvalue weighted by Gasteiger charge is 2.24. The van der Waals surface area contributed by atoms with Gasteiger partial charge in [0.05, 0.1) is 10.7 Å². The number of hydrogen-bond acceptors (Lipinski definition) is 3. The van der Waals surface area contributed by atoms with Crippen LogP contribution in [-0.2, 0) is 10.3 Å². The van der Waals surface area contributed by atoms with Crippen LogP contribution in [0.25, 0.3) is 22.4 Å². The number of halogens is 1. The van der Waals surface area contributed by atoms with Gasteiger partial charge in [0.1, 0.15) is 5.69 Å². The molecule has 1 N–H and O–H groups in total. The van der Waals surface area contributed by atoms with Crippen LogP contribution in [0.1, 0.15) is 5.69 Å². The first-order valence-electron chi connectivity index (χ1n) is 6.77. The highest BCUT2D eigenvalue weighted by molar-refractivity contribution is 7.84. The lowest BCUT2D eigenvalue weighted by atomic mass is 9.99. The lowest BCUT2D eigenvalue weighted by molar-refractivity contribution is 0.464. The molecule has 23 heavy (non-hydrogen) atoms. The van der Waals surface area contributed by atoms with E-state index in [0.29, 0.717) is 31.6 Å². The number of nitrogens with zero attached hydrogens (tertiary/aromatic N) is 2. The molecule has 118 valence electrons. The minimum atomic E-state index is -4.50. The Morgan fingerprint density at radius 2 is 1.65 bits per heavy atom. The summed E-state index contributed by atoms with van der Waals surface area (Å²) in [6.45, 7) is 1.59. The summed E-state index contributed by atoms with van der Waals surface area (Å²) < 4.78 is 33.2. The van der Waals surface area contributed by atoms with Gasteiger partial charge in [-0.15, -0.1) is 4.09 Å². The zero-order valence-corrected chi connectivity index (χ0v) is 13.7. The van der Waals surface area contributed by atoms with Crippen LogP contribution in [0, 0.1) is 6.92 Å². The Morgan fingerprint density at radius 1 is 1.04 bits per heavy atom. The largest absolute Gasteiger partial charge is 0.379 e. The van der Waals surface area contributed by atoms with Crippen molar-refractivity contribution in [3.05, 3.63) is 65.3 Å². The Hall–Kier alpha value is -2.15. The summed E-state index contributed by atoms with van der Waals surface area (Å²) in [6, 6.07) is 16.3. The van der Waals surface area contributed by atoms with Crippen LogP contribution in [0.3, 0.4) is 0 Å². The first kappa shape index (κ1) is 15.7. The highest BCUT2D eigenvalue weighted by atomic mass is 35.5. The normalized spacial score (nSPS) is 11.6. The van der Waals surface area contributed by atoms with Gasteiger partial charge in [-0.05, 0) is 18.6 Å². The number of benzene rings is 2. The summed E-state index contributed by atoms with van der Waals surface area (Å²) in [5.41, 5.74) is 2.70. The third-order valence-electron chi connectivity index (χ3n) is 3.49. The van der Waals surface area contributed by atoms with E-state index in [4.69, 9.17) is 11.6 Å². The Kier molecular flexibility index (Phi) is 3.97. The molecule has 0 aliphatic rings. The summed E-state index contributed by atoms with van der Waals surface area (Å²) in [4.78, 5) is 0. The molecule has 3 rings (SSSR count). The molecule has 5 nitrogen and oxygen atoms in total. The average Bonchev–Trinajstić information content (AvgIpc) is 2.86. The Labute approximate surface area is 139 Å². The standard InChI is InChI=1S/C16H13ClN2O3S/c1-11-15(12-7-3-2-4-8-12)16(18-19(11)23(20,21)22)13-9-5-6-10-14(13)17/h2-10H,1H3,(H,20,21,22). The zero-order valence-electron chi connectivity index (χ0n) is 12.1. The molecule has 3 aromatic rings. The van der Waals surface area contributed by atoms with Crippen LogP contribution in [0.2, 0.25) is 5.02 Å². The van der Waals surface area contributed by atoms with Crippen molar-refractivity contribution in [2.45, 2.75) is 6.92 Å². The molecule has 0 aliphatic carbocycles. The smallest absolute Gasteiger partial charge is 0.268 e. The second-order valence-corrected chi connectivity index (χ2v) is 6.62. The predicted octanol–water partition coefficient (Wildman–Crippen LogP) is 3.83. The molecule has 2 aromatic carbocycles. The van der Waals surface area contributed by atoms with Crippen LogP contribution >= 0.6 is 11.6 Å². The molecule has 7 heteroatoms. The molecule has 0 atom stereocenters. The first-order valence-corrected chi connectivity index (χ1v) is 8.55. The van der Waals surface area contributed by atoms with Gasteiger partial charge in [0.25, 0.3) is 0 Å². The third-order valence-corrected chi connectivity index (χ3v) is 4.61. The maximum atomic E-state index is 11.6. The van der Waals surface area contributed by atoms with Crippen LogP contribution in [-0.4, -0.2) is 22.2 Å². The van der Waals surface area contributed by atoms with E-state index in [0.717, 1.165) is 5.56 Å². The van der Waals surface area contributed by atoms with Gasteiger partial charge in [-0.25, -0.2) is 0 Å². The highest BCUT2D eigenvalue weighted by Crippen LogP contribution is 2.37. The van der Waals surface area contributed by atoms with Gasteiger partial charge >= 0.3 is 10.3 Å². The zero-order chi connectivity index (χ0) is 16.6. The molecule has 0 unspecified atom stereocenters. The van der Waals surface area contributed by atoms with Crippen molar-refractivity contribution in [1.29, 1.82) is 0 Å². The first-order chi connectivity index (χ1) is 10.9. The van der Waals surface area contributed by atoms with E-state index < -0.39 is 10.3 Å². The molecule has 0 fully saturated rings. The molecule has 0 amide bonds. The van der Waals surface area contributed by atoms with E-state index in [9.17, 15) is 13.0 Å². The van der Waals surface area contributed by atoms with Gasteiger partial charge < -0.3 is 0 Å². The van der Waals surface area contributed by atoms with E-state index in [1.54, 1.807) is 31.2 Å². The van der Waals surface area contributed by atoms with E-state index in [2.05, 4.69) is 5.10 Å². The molecule has 0 aliphatic heterocycles. The van der Waals surface area contributed by atoms with Crippen molar-refractivity contribution >= 4 is 21.9 Å². The van der Waals surface area contributed by atoms with E-state index >= 15 is 0 Å². The van der Waals surface area contributed by atoms with Gasteiger partial charge in [-0.1, -0.05) is 60.1 Å². The van der Waals surface area contributed by atoms with Gasteiger partial charge in [-0.2, -0.15) is 13.5 Å².